The van der Waals surface area contributed by atoms with Gasteiger partial charge in [0, 0.05) is 26.3 Å². The molecule has 0 saturated heterocycles. The zero-order valence-corrected chi connectivity index (χ0v) is 14.6. The quantitative estimate of drug-likeness (QED) is 0.651. The van der Waals surface area contributed by atoms with E-state index in [1.54, 1.807) is 13.2 Å². The van der Waals surface area contributed by atoms with Crippen LogP contribution in [0, 0.1) is 11.3 Å². The molecule has 0 aromatic heterocycles. The van der Waals surface area contributed by atoms with Gasteiger partial charge in [-0.1, -0.05) is 24.3 Å². The van der Waals surface area contributed by atoms with Crippen LogP contribution in [0.5, 0.6) is 5.75 Å². The second kappa shape index (κ2) is 8.55. The number of carbonyl (C=O) groups is 1. The molecular weight excluding hydrogens is 314 g/mol. The van der Waals surface area contributed by atoms with Gasteiger partial charge in [0.05, 0.1) is 7.11 Å². The summed E-state index contributed by atoms with van der Waals surface area (Å²) >= 11 is 0. The molecule has 2 rings (SSSR count). The molecule has 5 heteroatoms. The average Bonchev–Trinajstić information content (AvgIpc) is 2.64. The molecule has 1 amide bonds. The summed E-state index contributed by atoms with van der Waals surface area (Å²) in [5.74, 6) is 0.365. The zero-order valence-electron chi connectivity index (χ0n) is 14.6. The molecule has 0 unspecified atom stereocenters. The number of methoxy groups -OCH3 is 1. The van der Waals surface area contributed by atoms with Crippen molar-refractivity contribution in [2.45, 2.75) is 6.54 Å². The van der Waals surface area contributed by atoms with Crippen LogP contribution in [0.4, 0.5) is 5.69 Å². The molecule has 5 nitrogen and oxygen atoms in total. The van der Waals surface area contributed by atoms with E-state index in [4.69, 9.17) is 4.74 Å². The number of amides is 1. The summed E-state index contributed by atoms with van der Waals surface area (Å²) < 4.78 is 5.10. The Balaban J connectivity index is 2.03. The Kier molecular flexibility index (Phi) is 6.19. The predicted molar refractivity (Wildman–Crippen MR) is 99.2 cm³/mol. The normalized spacial score (nSPS) is 10.7. The summed E-state index contributed by atoms with van der Waals surface area (Å²) in [6.07, 6.45) is 1.59. The first kappa shape index (κ1) is 18.1. The number of hydrogen-bond acceptors (Lipinski definition) is 4. The van der Waals surface area contributed by atoms with Gasteiger partial charge in [-0.2, -0.15) is 5.26 Å². The molecule has 0 radical (unpaired) electrons. The van der Waals surface area contributed by atoms with Gasteiger partial charge in [0.1, 0.15) is 17.4 Å². The van der Waals surface area contributed by atoms with E-state index in [0.29, 0.717) is 6.54 Å². The fourth-order valence-corrected chi connectivity index (χ4v) is 2.20. The lowest BCUT2D eigenvalue weighted by Gasteiger charge is -2.12. The minimum Gasteiger partial charge on any atom is -0.497 e. The lowest BCUT2D eigenvalue weighted by Crippen LogP contribution is -2.23. The third-order valence-corrected chi connectivity index (χ3v) is 3.70. The topological polar surface area (TPSA) is 65.4 Å². The fourth-order valence-electron chi connectivity index (χ4n) is 2.20. The highest BCUT2D eigenvalue weighted by molar-refractivity contribution is 6.01. The Labute approximate surface area is 148 Å². The molecule has 0 heterocycles. The number of nitrogens with zero attached hydrogens (tertiary/aromatic N) is 2. The van der Waals surface area contributed by atoms with Crippen LogP contribution in [0.25, 0.3) is 6.08 Å². The number of benzene rings is 2. The van der Waals surface area contributed by atoms with Crippen molar-refractivity contribution in [2.24, 2.45) is 0 Å². The molecule has 25 heavy (non-hydrogen) atoms. The Morgan fingerprint density at radius 1 is 1.16 bits per heavy atom. The van der Waals surface area contributed by atoms with Crippen LogP contribution in [0.3, 0.4) is 0 Å². The van der Waals surface area contributed by atoms with Crippen molar-refractivity contribution in [3.8, 4) is 11.8 Å². The lowest BCUT2D eigenvalue weighted by molar-refractivity contribution is -0.117. The third-order valence-electron chi connectivity index (χ3n) is 3.70. The number of hydrogen-bond donors (Lipinski definition) is 1. The van der Waals surface area contributed by atoms with Gasteiger partial charge >= 0.3 is 0 Å². The summed E-state index contributed by atoms with van der Waals surface area (Å²) in [6.45, 7) is 0.349. The SMILES string of the molecule is COc1ccc(CNC(=O)/C(C#N)=C\c2ccc(N(C)C)cc2)cc1. The number of nitrogens with one attached hydrogen (secondary N) is 1. The Morgan fingerprint density at radius 3 is 2.32 bits per heavy atom. The summed E-state index contributed by atoms with van der Waals surface area (Å²) in [5.41, 5.74) is 2.87. The van der Waals surface area contributed by atoms with Crippen molar-refractivity contribution >= 4 is 17.7 Å². The molecular formula is C20H21N3O2. The fraction of sp³-hybridized carbons (Fsp3) is 0.200. The molecule has 0 spiro atoms. The van der Waals surface area contributed by atoms with Crippen molar-refractivity contribution in [1.82, 2.24) is 5.32 Å². The average molecular weight is 335 g/mol. The van der Waals surface area contributed by atoms with E-state index < -0.39 is 5.91 Å². The molecule has 0 atom stereocenters. The Bertz CT molecular complexity index is 785. The minimum absolute atomic E-state index is 0.0751. The van der Waals surface area contributed by atoms with Crippen molar-refractivity contribution in [2.75, 3.05) is 26.1 Å². The highest BCUT2D eigenvalue weighted by Gasteiger charge is 2.09. The molecule has 1 N–H and O–H groups in total. The molecule has 2 aromatic carbocycles. The van der Waals surface area contributed by atoms with Gasteiger partial charge in [0.2, 0.25) is 0 Å². The molecule has 0 fully saturated rings. The number of nitriles is 1. The Morgan fingerprint density at radius 2 is 1.80 bits per heavy atom. The number of ether oxygens (including phenoxy) is 1. The van der Waals surface area contributed by atoms with Gasteiger partial charge in [-0.3, -0.25) is 4.79 Å². The van der Waals surface area contributed by atoms with E-state index >= 15 is 0 Å². The van der Waals surface area contributed by atoms with Crippen molar-refractivity contribution in [3.63, 3.8) is 0 Å². The smallest absolute Gasteiger partial charge is 0.262 e. The second-order valence-electron chi connectivity index (χ2n) is 5.69. The maximum Gasteiger partial charge on any atom is 0.262 e. The van der Waals surface area contributed by atoms with Gasteiger partial charge in [-0.15, -0.1) is 0 Å². The van der Waals surface area contributed by atoms with Crippen LogP contribution in [-0.2, 0) is 11.3 Å². The maximum absolute atomic E-state index is 12.2. The summed E-state index contributed by atoms with van der Waals surface area (Å²) in [5, 5.41) is 12.0. The van der Waals surface area contributed by atoms with Gasteiger partial charge in [0.15, 0.2) is 0 Å². The summed E-state index contributed by atoms with van der Waals surface area (Å²) in [6, 6.07) is 17.0. The maximum atomic E-state index is 12.2. The summed E-state index contributed by atoms with van der Waals surface area (Å²) in [7, 11) is 5.52. The van der Waals surface area contributed by atoms with Gasteiger partial charge in [0.25, 0.3) is 5.91 Å². The standard InChI is InChI=1S/C20H21N3O2/c1-23(2)18-8-4-15(5-9-18)12-17(13-21)20(24)22-14-16-6-10-19(25-3)11-7-16/h4-12H,14H2,1-3H3,(H,22,24)/b17-12-. The van der Waals surface area contributed by atoms with Crippen molar-refractivity contribution < 1.29 is 9.53 Å². The molecule has 0 aliphatic heterocycles. The molecule has 0 bridgehead atoms. The highest BCUT2D eigenvalue weighted by atomic mass is 16.5. The van der Waals surface area contributed by atoms with E-state index in [0.717, 1.165) is 22.6 Å². The molecule has 128 valence electrons. The van der Waals surface area contributed by atoms with Crippen LogP contribution < -0.4 is 15.0 Å². The molecule has 0 aliphatic rings. The zero-order chi connectivity index (χ0) is 18.2. The third kappa shape index (κ3) is 5.11. The first-order chi connectivity index (χ1) is 12.0. The van der Waals surface area contributed by atoms with E-state index in [9.17, 15) is 10.1 Å². The lowest BCUT2D eigenvalue weighted by atomic mass is 10.1. The number of anilines is 1. The van der Waals surface area contributed by atoms with Crippen LogP contribution in [-0.4, -0.2) is 27.1 Å². The number of carbonyl (C=O) groups excluding carboxylic acids is 1. The van der Waals surface area contributed by atoms with Crippen LogP contribution in [0.1, 0.15) is 11.1 Å². The van der Waals surface area contributed by atoms with Gasteiger partial charge < -0.3 is 15.0 Å². The van der Waals surface area contributed by atoms with E-state index in [1.165, 1.54) is 0 Å². The first-order valence-corrected chi connectivity index (χ1v) is 7.84. The van der Waals surface area contributed by atoms with Crippen LogP contribution in [0.15, 0.2) is 54.1 Å². The highest BCUT2D eigenvalue weighted by Crippen LogP contribution is 2.15. The first-order valence-electron chi connectivity index (χ1n) is 7.84. The van der Waals surface area contributed by atoms with Crippen molar-refractivity contribution in [1.29, 1.82) is 5.26 Å². The monoisotopic (exact) mass is 335 g/mol. The minimum atomic E-state index is -0.394. The second-order valence-corrected chi connectivity index (χ2v) is 5.69. The van der Waals surface area contributed by atoms with E-state index in [1.807, 2.05) is 73.6 Å². The van der Waals surface area contributed by atoms with Crippen LogP contribution in [0.2, 0.25) is 0 Å². The van der Waals surface area contributed by atoms with Gasteiger partial charge in [-0.05, 0) is 41.5 Å². The van der Waals surface area contributed by atoms with Crippen LogP contribution >= 0.6 is 0 Å². The molecule has 0 saturated carbocycles. The van der Waals surface area contributed by atoms with E-state index in [2.05, 4.69) is 5.32 Å². The largest absolute Gasteiger partial charge is 0.497 e. The molecule has 0 aliphatic carbocycles. The van der Waals surface area contributed by atoms with Gasteiger partial charge in [-0.25, -0.2) is 0 Å². The number of rotatable bonds is 6. The summed E-state index contributed by atoms with van der Waals surface area (Å²) in [4.78, 5) is 14.2. The van der Waals surface area contributed by atoms with E-state index in [-0.39, 0.29) is 5.57 Å². The predicted octanol–water partition coefficient (Wildman–Crippen LogP) is 2.98. The van der Waals surface area contributed by atoms with Crippen molar-refractivity contribution in [3.05, 3.63) is 65.2 Å². The molecule has 2 aromatic rings. The Hall–Kier alpha value is -3.26.